The second-order valence-electron chi connectivity index (χ2n) is 7.94. The molecule has 1 aromatic heterocycles. The number of rotatable bonds is 6. The van der Waals surface area contributed by atoms with Crippen LogP contribution in [0, 0.1) is 0 Å². The summed E-state index contributed by atoms with van der Waals surface area (Å²) < 4.78 is 69.0. The summed E-state index contributed by atoms with van der Waals surface area (Å²) in [4.78, 5) is 26.3. The maximum atomic E-state index is 10.6. The van der Waals surface area contributed by atoms with Crippen LogP contribution in [0.4, 0.5) is 26.3 Å². The number of nitrogens with zero attached hydrogens (tertiary/aromatic N) is 2. The molecule has 0 amide bonds. The van der Waals surface area contributed by atoms with E-state index in [0.717, 1.165) is 29.1 Å². The van der Waals surface area contributed by atoms with E-state index in [0.29, 0.717) is 12.1 Å². The standard InChI is InChI=1S/C19H26N4O.2C2HF3O2/c1-20-16-4-6-17(7-5-16)23-12-15-11-14(3-8-19(15)24-2)18-13-21-9-10-22-18;2*3-2(4,5)1(6)7/h3,8-11,13,16-17,20,23H,4-7,12H2,1-2H3;2*(H,6,7). The molecule has 1 fully saturated rings. The lowest BCUT2D eigenvalue weighted by molar-refractivity contribution is -0.193. The van der Waals surface area contributed by atoms with Gasteiger partial charge in [0.05, 0.1) is 19.0 Å². The topological polar surface area (TPSA) is 134 Å². The molecule has 1 aliphatic rings. The summed E-state index contributed by atoms with van der Waals surface area (Å²) in [5.41, 5.74) is 3.12. The van der Waals surface area contributed by atoms with Crippen LogP contribution in [-0.4, -0.2) is 70.7 Å². The SMILES string of the molecule is CNC1CCC(NCc2cc(-c3cnccn3)ccc2OC)CC1.O=C(O)C(F)(F)F.O=C(O)C(F)(F)F. The smallest absolute Gasteiger partial charge is 0.490 e. The van der Waals surface area contributed by atoms with Gasteiger partial charge in [-0.25, -0.2) is 9.59 Å². The number of hydrogen-bond acceptors (Lipinski definition) is 7. The van der Waals surface area contributed by atoms with Crippen molar-refractivity contribution in [1.29, 1.82) is 0 Å². The number of alkyl halides is 6. The van der Waals surface area contributed by atoms with Crippen LogP contribution >= 0.6 is 0 Å². The first kappa shape index (κ1) is 32.6. The molecule has 212 valence electrons. The number of halogens is 6. The zero-order valence-electron chi connectivity index (χ0n) is 20.4. The molecule has 3 rings (SSSR count). The number of aromatic nitrogens is 2. The summed E-state index contributed by atoms with van der Waals surface area (Å²) in [6, 6.07) is 7.45. The summed E-state index contributed by atoms with van der Waals surface area (Å²) in [5.74, 6) is -4.60. The fraction of sp³-hybridized carbons (Fsp3) is 0.478. The number of nitrogens with one attached hydrogen (secondary N) is 2. The Hall–Kier alpha value is -3.46. The Labute approximate surface area is 214 Å². The van der Waals surface area contributed by atoms with E-state index >= 15 is 0 Å². The number of carboxylic acids is 2. The van der Waals surface area contributed by atoms with Crippen molar-refractivity contribution in [2.75, 3.05) is 14.2 Å². The highest BCUT2D eigenvalue weighted by molar-refractivity contribution is 5.73. The molecule has 1 aliphatic carbocycles. The number of ether oxygens (including phenoxy) is 1. The molecule has 4 N–H and O–H groups in total. The molecular formula is C23H28F6N4O5. The maximum absolute atomic E-state index is 10.6. The molecule has 15 heteroatoms. The molecule has 9 nitrogen and oxygen atoms in total. The van der Waals surface area contributed by atoms with E-state index in [4.69, 9.17) is 24.5 Å². The van der Waals surface area contributed by atoms with Crippen LogP contribution in [0.3, 0.4) is 0 Å². The predicted octanol–water partition coefficient (Wildman–Crippen LogP) is 4.04. The number of aliphatic carboxylic acids is 2. The summed E-state index contributed by atoms with van der Waals surface area (Å²) in [6.07, 6.45) is -0.0437. The molecule has 0 radical (unpaired) electrons. The second kappa shape index (κ2) is 15.1. The van der Waals surface area contributed by atoms with Crippen LogP contribution in [0.1, 0.15) is 31.2 Å². The van der Waals surface area contributed by atoms with Gasteiger partial charge in [-0.3, -0.25) is 9.97 Å². The molecule has 0 bridgehead atoms. The lowest BCUT2D eigenvalue weighted by Gasteiger charge is -2.29. The summed E-state index contributed by atoms with van der Waals surface area (Å²) in [6.45, 7) is 0.812. The van der Waals surface area contributed by atoms with Gasteiger partial charge in [0.1, 0.15) is 5.75 Å². The molecule has 0 saturated heterocycles. The molecule has 0 aliphatic heterocycles. The Morgan fingerprint density at radius 2 is 1.50 bits per heavy atom. The largest absolute Gasteiger partial charge is 0.496 e. The van der Waals surface area contributed by atoms with Gasteiger partial charge in [-0.05, 0) is 50.9 Å². The molecule has 1 saturated carbocycles. The molecule has 0 spiro atoms. The van der Waals surface area contributed by atoms with Crippen LogP contribution in [-0.2, 0) is 16.1 Å². The van der Waals surface area contributed by atoms with Gasteiger partial charge in [0.25, 0.3) is 0 Å². The average Bonchev–Trinajstić information content (AvgIpc) is 2.87. The van der Waals surface area contributed by atoms with Gasteiger partial charge in [0.15, 0.2) is 0 Å². The first-order chi connectivity index (χ1) is 17.7. The fourth-order valence-corrected chi connectivity index (χ4v) is 3.36. The van der Waals surface area contributed by atoms with Gasteiger partial charge in [-0.1, -0.05) is 0 Å². The van der Waals surface area contributed by atoms with Crippen molar-refractivity contribution >= 4 is 11.9 Å². The van der Waals surface area contributed by atoms with Gasteiger partial charge in [0.2, 0.25) is 0 Å². The van der Waals surface area contributed by atoms with Gasteiger partial charge < -0.3 is 25.6 Å². The molecule has 0 atom stereocenters. The van der Waals surface area contributed by atoms with Crippen molar-refractivity contribution in [2.45, 2.75) is 56.7 Å². The third-order valence-electron chi connectivity index (χ3n) is 5.34. The van der Waals surface area contributed by atoms with Crippen molar-refractivity contribution < 1.29 is 50.9 Å². The minimum Gasteiger partial charge on any atom is -0.496 e. The summed E-state index contributed by atoms with van der Waals surface area (Å²) >= 11 is 0. The molecule has 1 aromatic carbocycles. The second-order valence-corrected chi connectivity index (χ2v) is 7.94. The summed E-state index contributed by atoms with van der Waals surface area (Å²) in [5, 5.41) is 21.3. The van der Waals surface area contributed by atoms with E-state index in [-0.39, 0.29) is 0 Å². The molecule has 38 heavy (non-hydrogen) atoms. The highest BCUT2D eigenvalue weighted by Gasteiger charge is 2.38. The Kier molecular flexibility index (Phi) is 12.9. The Morgan fingerprint density at radius 3 is 1.92 bits per heavy atom. The quantitative estimate of drug-likeness (QED) is 0.391. The average molecular weight is 554 g/mol. The molecule has 0 unspecified atom stereocenters. The Balaban J connectivity index is 0.000000426. The minimum absolute atomic E-state index is 0.583. The highest BCUT2D eigenvalue weighted by atomic mass is 19.4. The highest BCUT2D eigenvalue weighted by Crippen LogP contribution is 2.26. The first-order valence-electron chi connectivity index (χ1n) is 11.1. The lowest BCUT2D eigenvalue weighted by atomic mass is 9.91. The molecular weight excluding hydrogens is 526 g/mol. The number of hydrogen-bond donors (Lipinski definition) is 4. The zero-order chi connectivity index (χ0) is 28.9. The predicted molar refractivity (Wildman–Crippen MR) is 123 cm³/mol. The van der Waals surface area contributed by atoms with Crippen LogP contribution < -0.4 is 15.4 Å². The van der Waals surface area contributed by atoms with E-state index in [1.54, 1.807) is 25.7 Å². The van der Waals surface area contributed by atoms with Crippen molar-refractivity contribution in [3.8, 4) is 17.0 Å². The van der Waals surface area contributed by atoms with E-state index in [2.05, 4.69) is 33.7 Å². The minimum atomic E-state index is -5.08. The van der Waals surface area contributed by atoms with Crippen LogP contribution in [0.25, 0.3) is 11.3 Å². The van der Waals surface area contributed by atoms with E-state index in [9.17, 15) is 26.3 Å². The lowest BCUT2D eigenvalue weighted by Crippen LogP contribution is -2.38. The third-order valence-corrected chi connectivity index (χ3v) is 5.34. The van der Waals surface area contributed by atoms with Gasteiger partial charge in [-0.15, -0.1) is 0 Å². The summed E-state index contributed by atoms with van der Waals surface area (Å²) in [7, 11) is 3.78. The maximum Gasteiger partial charge on any atom is 0.490 e. The van der Waals surface area contributed by atoms with E-state index in [1.165, 1.54) is 25.7 Å². The van der Waals surface area contributed by atoms with Gasteiger partial charge in [-0.2, -0.15) is 26.3 Å². The molecule has 1 heterocycles. The van der Waals surface area contributed by atoms with E-state index < -0.39 is 24.3 Å². The van der Waals surface area contributed by atoms with Crippen LogP contribution in [0.5, 0.6) is 5.75 Å². The van der Waals surface area contributed by atoms with Crippen molar-refractivity contribution in [2.24, 2.45) is 0 Å². The van der Waals surface area contributed by atoms with Crippen molar-refractivity contribution in [3.63, 3.8) is 0 Å². The van der Waals surface area contributed by atoms with Crippen molar-refractivity contribution in [1.82, 2.24) is 20.6 Å². The van der Waals surface area contributed by atoms with Crippen LogP contribution in [0.15, 0.2) is 36.8 Å². The van der Waals surface area contributed by atoms with Gasteiger partial charge in [0, 0.05) is 42.1 Å². The number of carboxylic acid groups (broad SMARTS) is 2. The monoisotopic (exact) mass is 554 g/mol. The normalized spacial score (nSPS) is 17.3. The van der Waals surface area contributed by atoms with E-state index in [1.807, 2.05) is 12.1 Å². The van der Waals surface area contributed by atoms with Crippen LogP contribution in [0.2, 0.25) is 0 Å². The van der Waals surface area contributed by atoms with Crippen molar-refractivity contribution in [3.05, 3.63) is 42.4 Å². The number of carbonyl (C=O) groups is 2. The third kappa shape index (κ3) is 11.7. The Morgan fingerprint density at radius 1 is 0.974 bits per heavy atom. The number of benzene rings is 1. The number of methoxy groups -OCH3 is 1. The Bertz CT molecular complexity index is 990. The fourth-order valence-electron chi connectivity index (χ4n) is 3.36. The van der Waals surface area contributed by atoms with Gasteiger partial charge >= 0.3 is 24.3 Å². The first-order valence-corrected chi connectivity index (χ1v) is 11.1. The zero-order valence-corrected chi connectivity index (χ0v) is 20.4. The molecule has 2 aromatic rings.